The molecule has 2 aromatic rings. The van der Waals surface area contributed by atoms with Gasteiger partial charge in [-0.15, -0.1) is 0 Å². The molecule has 0 saturated carbocycles. The topological polar surface area (TPSA) is 35.2 Å². The van der Waals surface area contributed by atoms with E-state index < -0.39 is 0 Å². The Bertz CT molecular complexity index is 479. The number of rotatable bonds is 2. The van der Waals surface area contributed by atoms with Gasteiger partial charge in [-0.1, -0.05) is 30.3 Å². The summed E-state index contributed by atoms with van der Waals surface area (Å²) in [7, 11) is 1.72. The van der Waals surface area contributed by atoms with Crippen molar-refractivity contribution in [1.82, 2.24) is 0 Å². The Morgan fingerprint density at radius 3 is 2.40 bits per heavy atom. The second-order valence-electron chi connectivity index (χ2n) is 3.67. The van der Waals surface area contributed by atoms with Crippen molar-refractivity contribution in [3.8, 4) is 0 Å². The zero-order valence-corrected chi connectivity index (χ0v) is 9.03. The van der Waals surface area contributed by atoms with Crippen LogP contribution in [0.4, 0.5) is 5.69 Å². The Balaban J connectivity index is 2.71. The highest BCUT2D eigenvalue weighted by atomic mass is 16.5. The number of fused-ring (bicyclic) bond motifs is 1. The van der Waals surface area contributed by atoms with Crippen molar-refractivity contribution in [1.29, 1.82) is 0 Å². The van der Waals surface area contributed by atoms with Gasteiger partial charge in [-0.25, -0.2) is 0 Å². The highest BCUT2D eigenvalue weighted by Gasteiger charge is 2.09. The average molecular weight is 201 g/mol. The van der Waals surface area contributed by atoms with Gasteiger partial charge in [0.1, 0.15) is 0 Å². The number of nitrogen functional groups attached to an aromatic ring is 1. The van der Waals surface area contributed by atoms with Crippen molar-refractivity contribution >= 4 is 16.5 Å². The summed E-state index contributed by atoms with van der Waals surface area (Å²) >= 11 is 0. The molecule has 2 rings (SSSR count). The molecule has 0 aromatic heterocycles. The molecule has 15 heavy (non-hydrogen) atoms. The standard InChI is InChI=1S/C13H15NO/c1-9(15-2)10-7-8-13(14)12-6-4-3-5-11(10)12/h3-9H,14H2,1-2H3/t9-/m0/s1. The molecule has 0 heterocycles. The molecule has 0 amide bonds. The molecule has 0 saturated heterocycles. The van der Waals surface area contributed by atoms with Crippen LogP contribution >= 0.6 is 0 Å². The van der Waals surface area contributed by atoms with Gasteiger partial charge in [0.25, 0.3) is 0 Å². The lowest BCUT2D eigenvalue weighted by Crippen LogP contribution is -1.98. The minimum Gasteiger partial charge on any atom is -0.398 e. The summed E-state index contributed by atoms with van der Waals surface area (Å²) < 4.78 is 5.34. The van der Waals surface area contributed by atoms with E-state index in [0.29, 0.717) is 0 Å². The largest absolute Gasteiger partial charge is 0.398 e. The maximum absolute atomic E-state index is 5.93. The first-order chi connectivity index (χ1) is 7.24. The molecule has 0 spiro atoms. The van der Waals surface area contributed by atoms with E-state index >= 15 is 0 Å². The Hall–Kier alpha value is -1.54. The quantitative estimate of drug-likeness (QED) is 0.757. The van der Waals surface area contributed by atoms with Crippen LogP contribution < -0.4 is 5.73 Å². The Morgan fingerprint density at radius 2 is 1.73 bits per heavy atom. The molecule has 0 aliphatic heterocycles. The van der Waals surface area contributed by atoms with Crippen LogP contribution in [0, 0.1) is 0 Å². The predicted octanol–water partition coefficient (Wildman–Crippen LogP) is 3.13. The molecule has 0 aliphatic carbocycles. The molecule has 78 valence electrons. The van der Waals surface area contributed by atoms with Crippen molar-refractivity contribution in [3.63, 3.8) is 0 Å². The molecule has 0 radical (unpaired) electrons. The number of hydrogen-bond donors (Lipinski definition) is 1. The second kappa shape index (κ2) is 3.91. The normalized spacial score (nSPS) is 12.9. The lowest BCUT2D eigenvalue weighted by atomic mass is 10.00. The van der Waals surface area contributed by atoms with E-state index in [2.05, 4.69) is 6.07 Å². The zero-order valence-electron chi connectivity index (χ0n) is 9.03. The maximum Gasteiger partial charge on any atom is 0.0799 e. The first kappa shape index (κ1) is 9.99. The third-order valence-corrected chi connectivity index (χ3v) is 2.78. The van der Waals surface area contributed by atoms with Crippen molar-refractivity contribution in [2.75, 3.05) is 12.8 Å². The smallest absolute Gasteiger partial charge is 0.0799 e. The molecule has 2 aromatic carbocycles. The van der Waals surface area contributed by atoms with Gasteiger partial charge in [-0.2, -0.15) is 0 Å². The SMILES string of the molecule is CO[C@@H](C)c1ccc(N)c2ccccc12. The van der Waals surface area contributed by atoms with Crippen LogP contribution in [-0.2, 0) is 4.74 Å². The maximum atomic E-state index is 5.93. The average Bonchev–Trinajstić information content (AvgIpc) is 2.29. The first-order valence-electron chi connectivity index (χ1n) is 5.04. The first-order valence-corrected chi connectivity index (χ1v) is 5.04. The molecule has 1 atom stereocenters. The number of nitrogens with two attached hydrogens (primary N) is 1. The second-order valence-corrected chi connectivity index (χ2v) is 3.67. The third kappa shape index (κ3) is 1.68. The lowest BCUT2D eigenvalue weighted by molar-refractivity contribution is 0.121. The summed E-state index contributed by atoms with van der Waals surface area (Å²) in [6, 6.07) is 12.1. The number of ether oxygens (including phenoxy) is 1. The van der Waals surface area contributed by atoms with E-state index in [0.717, 1.165) is 11.1 Å². The Morgan fingerprint density at radius 1 is 1.07 bits per heavy atom. The minimum absolute atomic E-state index is 0.0931. The number of anilines is 1. The fourth-order valence-corrected chi connectivity index (χ4v) is 1.83. The van der Waals surface area contributed by atoms with Crippen LogP contribution in [0.15, 0.2) is 36.4 Å². The van der Waals surface area contributed by atoms with Crippen LogP contribution in [0.1, 0.15) is 18.6 Å². The van der Waals surface area contributed by atoms with Crippen LogP contribution in [0.2, 0.25) is 0 Å². The molecule has 0 aliphatic rings. The summed E-state index contributed by atoms with van der Waals surface area (Å²) in [5.74, 6) is 0. The van der Waals surface area contributed by atoms with E-state index in [4.69, 9.17) is 10.5 Å². The summed E-state index contributed by atoms with van der Waals surface area (Å²) in [5, 5.41) is 2.27. The van der Waals surface area contributed by atoms with E-state index in [1.165, 1.54) is 10.9 Å². The number of benzene rings is 2. The molecule has 2 nitrogen and oxygen atoms in total. The molecule has 0 unspecified atom stereocenters. The van der Waals surface area contributed by atoms with Crippen molar-refractivity contribution in [2.24, 2.45) is 0 Å². The Labute approximate surface area is 89.7 Å². The van der Waals surface area contributed by atoms with Gasteiger partial charge in [-0.3, -0.25) is 0 Å². The predicted molar refractivity (Wildman–Crippen MR) is 63.8 cm³/mol. The van der Waals surface area contributed by atoms with Gasteiger partial charge in [0.15, 0.2) is 0 Å². The van der Waals surface area contributed by atoms with Crippen molar-refractivity contribution in [2.45, 2.75) is 13.0 Å². The van der Waals surface area contributed by atoms with Gasteiger partial charge < -0.3 is 10.5 Å². The van der Waals surface area contributed by atoms with Gasteiger partial charge in [0.05, 0.1) is 6.10 Å². The lowest BCUT2D eigenvalue weighted by Gasteiger charge is -2.14. The number of methoxy groups -OCH3 is 1. The minimum atomic E-state index is 0.0931. The van der Waals surface area contributed by atoms with Crippen LogP contribution in [0.25, 0.3) is 10.8 Å². The van der Waals surface area contributed by atoms with Crippen LogP contribution in [0.3, 0.4) is 0 Å². The summed E-state index contributed by atoms with van der Waals surface area (Å²) in [6.45, 7) is 2.04. The summed E-state index contributed by atoms with van der Waals surface area (Å²) in [6.07, 6.45) is 0.0931. The number of hydrogen-bond acceptors (Lipinski definition) is 2. The molecular weight excluding hydrogens is 186 g/mol. The van der Waals surface area contributed by atoms with Gasteiger partial charge in [0, 0.05) is 18.2 Å². The monoisotopic (exact) mass is 201 g/mol. The zero-order chi connectivity index (χ0) is 10.8. The summed E-state index contributed by atoms with van der Waals surface area (Å²) in [5.41, 5.74) is 7.93. The molecular formula is C13H15NO. The van der Waals surface area contributed by atoms with E-state index in [1.54, 1.807) is 7.11 Å². The van der Waals surface area contributed by atoms with E-state index in [1.807, 2.05) is 37.3 Å². The Kier molecular flexibility index (Phi) is 2.60. The van der Waals surface area contributed by atoms with Crippen molar-refractivity contribution in [3.05, 3.63) is 42.0 Å². The van der Waals surface area contributed by atoms with E-state index in [-0.39, 0.29) is 6.10 Å². The highest BCUT2D eigenvalue weighted by Crippen LogP contribution is 2.29. The highest BCUT2D eigenvalue weighted by molar-refractivity contribution is 5.95. The van der Waals surface area contributed by atoms with Crippen LogP contribution in [-0.4, -0.2) is 7.11 Å². The van der Waals surface area contributed by atoms with Gasteiger partial charge in [0.2, 0.25) is 0 Å². The molecule has 0 bridgehead atoms. The molecule has 0 fully saturated rings. The van der Waals surface area contributed by atoms with Gasteiger partial charge in [-0.05, 0) is 23.9 Å². The van der Waals surface area contributed by atoms with Crippen LogP contribution in [0.5, 0.6) is 0 Å². The third-order valence-electron chi connectivity index (χ3n) is 2.78. The molecule has 2 heteroatoms. The fraction of sp³-hybridized carbons (Fsp3) is 0.231. The van der Waals surface area contributed by atoms with E-state index in [9.17, 15) is 0 Å². The fourth-order valence-electron chi connectivity index (χ4n) is 1.83. The van der Waals surface area contributed by atoms with Crippen molar-refractivity contribution < 1.29 is 4.74 Å². The molecule has 2 N–H and O–H groups in total. The summed E-state index contributed by atoms with van der Waals surface area (Å²) in [4.78, 5) is 0. The van der Waals surface area contributed by atoms with Gasteiger partial charge >= 0.3 is 0 Å².